The Labute approximate surface area is 166 Å². The van der Waals surface area contributed by atoms with E-state index < -0.39 is 6.10 Å². The summed E-state index contributed by atoms with van der Waals surface area (Å²) < 4.78 is 7.98. The molecule has 1 aromatic heterocycles. The van der Waals surface area contributed by atoms with Gasteiger partial charge >= 0.3 is 0 Å². The average molecular weight is 380 g/mol. The summed E-state index contributed by atoms with van der Waals surface area (Å²) >= 11 is 0. The number of amides is 1. The van der Waals surface area contributed by atoms with Gasteiger partial charge in [-0.3, -0.25) is 4.79 Å². The van der Waals surface area contributed by atoms with E-state index in [0.29, 0.717) is 18.8 Å². The van der Waals surface area contributed by atoms with Crippen LogP contribution >= 0.6 is 0 Å². The zero-order valence-corrected chi connectivity index (χ0v) is 17.3. The molecule has 1 amide bonds. The number of nitrogens with zero attached hydrogens (tertiary/aromatic N) is 2. The lowest BCUT2D eigenvalue weighted by Gasteiger charge is -2.21. The predicted molar refractivity (Wildman–Crippen MR) is 113 cm³/mol. The number of benzene rings is 2. The van der Waals surface area contributed by atoms with Crippen molar-refractivity contribution in [2.75, 3.05) is 6.54 Å². The number of carbonyl (C=O) groups is 1. The van der Waals surface area contributed by atoms with Crippen molar-refractivity contribution in [1.29, 1.82) is 0 Å². The molecule has 5 nitrogen and oxygen atoms in total. The molecule has 3 aromatic rings. The normalized spacial score (nSPS) is 12.8. The fourth-order valence-corrected chi connectivity index (χ4v) is 3.21. The van der Waals surface area contributed by atoms with E-state index in [9.17, 15) is 4.79 Å². The number of fused-ring (bicyclic) bond motifs is 1. The number of imidazole rings is 1. The van der Waals surface area contributed by atoms with Crippen molar-refractivity contribution in [1.82, 2.24) is 14.9 Å². The summed E-state index contributed by atoms with van der Waals surface area (Å²) in [5.74, 6) is 1.54. The van der Waals surface area contributed by atoms with E-state index in [1.54, 1.807) is 6.92 Å². The van der Waals surface area contributed by atoms with Gasteiger partial charge in [-0.25, -0.2) is 4.98 Å². The number of carbonyl (C=O) groups excluding carboxylic acids is 1. The molecule has 1 N–H and O–H groups in total. The van der Waals surface area contributed by atoms with Crippen LogP contribution in [0, 0.1) is 6.92 Å². The van der Waals surface area contributed by atoms with Crippen molar-refractivity contribution in [3.63, 3.8) is 0 Å². The Morgan fingerprint density at radius 1 is 1.18 bits per heavy atom. The lowest BCUT2D eigenvalue weighted by atomic mass is 9.87. The summed E-state index contributed by atoms with van der Waals surface area (Å²) in [5, 5.41) is 2.97. The molecule has 0 saturated carbocycles. The van der Waals surface area contributed by atoms with Crippen LogP contribution in [0.2, 0.25) is 0 Å². The first-order valence-electron chi connectivity index (χ1n) is 9.72. The van der Waals surface area contributed by atoms with Gasteiger partial charge in [-0.1, -0.05) is 45.0 Å². The minimum Gasteiger partial charge on any atom is -0.481 e. The molecular weight excluding hydrogens is 350 g/mol. The smallest absolute Gasteiger partial charge is 0.260 e. The molecule has 0 aliphatic heterocycles. The van der Waals surface area contributed by atoms with Gasteiger partial charge in [0.25, 0.3) is 5.91 Å². The van der Waals surface area contributed by atoms with Gasteiger partial charge in [0.15, 0.2) is 6.10 Å². The Kier molecular flexibility index (Phi) is 5.73. The first kappa shape index (κ1) is 19.9. The minimum atomic E-state index is -0.559. The standard InChI is InChI=1S/C23H29N3O2/c1-16(28-19-10-8-9-18(15-19)23(3,4)5)22(27)24-13-14-26-17(2)25-20-11-6-7-12-21(20)26/h6-12,15-16H,13-14H2,1-5H3,(H,24,27). The summed E-state index contributed by atoms with van der Waals surface area (Å²) in [6, 6.07) is 16.0. The first-order chi connectivity index (χ1) is 13.3. The van der Waals surface area contributed by atoms with Gasteiger partial charge in [-0.15, -0.1) is 0 Å². The number of rotatable bonds is 6. The summed E-state index contributed by atoms with van der Waals surface area (Å²) in [4.78, 5) is 17.0. The first-order valence-corrected chi connectivity index (χ1v) is 9.72. The molecule has 1 unspecified atom stereocenters. The highest BCUT2D eigenvalue weighted by atomic mass is 16.5. The molecule has 1 atom stereocenters. The fraction of sp³-hybridized carbons (Fsp3) is 0.391. The second-order valence-corrected chi connectivity index (χ2v) is 8.13. The third-order valence-electron chi connectivity index (χ3n) is 4.86. The summed E-state index contributed by atoms with van der Waals surface area (Å²) in [6.07, 6.45) is -0.559. The van der Waals surface area contributed by atoms with Gasteiger partial charge in [0.2, 0.25) is 0 Å². The second-order valence-electron chi connectivity index (χ2n) is 8.13. The Morgan fingerprint density at radius 2 is 1.93 bits per heavy atom. The zero-order valence-electron chi connectivity index (χ0n) is 17.3. The number of hydrogen-bond donors (Lipinski definition) is 1. The predicted octanol–water partition coefficient (Wildman–Crippen LogP) is 4.23. The van der Waals surface area contributed by atoms with Crippen molar-refractivity contribution in [3.8, 4) is 5.75 Å². The molecule has 28 heavy (non-hydrogen) atoms. The number of para-hydroxylation sites is 2. The molecule has 3 rings (SSSR count). The van der Waals surface area contributed by atoms with E-state index in [1.807, 2.05) is 49.4 Å². The number of aryl methyl sites for hydroxylation is 1. The molecule has 1 heterocycles. The highest BCUT2D eigenvalue weighted by molar-refractivity contribution is 5.80. The van der Waals surface area contributed by atoms with Gasteiger partial charge < -0.3 is 14.6 Å². The molecule has 0 aliphatic rings. The van der Waals surface area contributed by atoms with Crippen LogP contribution in [0.25, 0.3) is 11.0 Å². The summed E-state index contributed by atoms with van der Waals surface area (Å²) in [5.41, 5.74) is 3.27. The molecule has 2 aromatic carbocycles. The number of aromatic nitrogens is 2. The van der Waals surface area contributed by atoms with Gasteiger partial charge in [0, 0.05) is 13.1 Å². The molecular formula is C23H29N3O2. The fourth-order valence-electron chi connectivity index (χ4n) is 3.21. The Bertz CT molecular complexity index is 969. The Morgan fingerprint density at radius 3 is 2.68 bits per heavy atom. The van der Waals surface area contributed by atoms with Crippen molar-refractivity contribution in [2.24, 2.45) is 0 Å². The maximum Gasteiger partial charge on any atom is 0.260 e. The SMILES string of the molecule is Cc1nc2ccccc2n1CCNC(=O)C(C)Oc1cccc(C(C)(C)C)c1. The lowest BCUT2D eigenvalue weighted by Crippen LogP contribution is -2.38. The van der Waals surface area contributed by atoms with Crippen LogP contribution in [0.4, 0.5) is 0 Å². The van der Waals surface area contributed by atoms with Gasteiger partial charge in [-0.2, -0.15) is 0 Å². The number of nitrogens with one attached hydrogen (secondary N) is 1. The maximum absolute atomic E-state index is 12.4. The van der Waals surface area contributed by atoms with Gasteiger partial charge in [0.05, 0.1) is 11.0 Å². The second kappa shape index (κ2) is 8.05. The third kappa shape index (κ3) is 4.53. The molecule has 5 heteroatoms. The van der Waals surface area contributed by atoms with E-state index in [1.165, 1.54) is 5.56 Å². The Balaban J connectivity index is 1.57. The summed E-state index contributed by atoms with van der Waals surface area (Å²) in [6.45, 7) is 11.4. The van der Waals surface area contributed by atoms with E-state index in [-0.39, 0.29) is 11.3 Å². The number of ether oxygens (including phenoxy) is 1. The molecule has 0 spiro atoms. The molecule has 0 bridgehead atoms. The topological polar surface area (TPSA) is 56.2 Å². The van der Waals surface area contributed by atoms with Crippen molar-refractivity contribution >= 4 is 16.9 Å². The number of hydrogen-bond acceptors (Lipinski definition) is 3. The highest BCUT2D eigenvalue weighted by Gasteiger charge is 2.17. The molecule has 0 radical (unpaired) electrons. The van der Waals surface area contributed by atoms with Crippen LogP contribution in [-0.4, -0.2) is 28.1 Å². The Hall–Kier alpha value is -2.82. The summed E-state index contributed by atoms with van der Waals surface area (Å²) in [7, 11) is 0. The van der Waals surface area contributed by atoms with Crippen molar-refractivity contribution in [2.45, 2.75) is 52.7 Å². The molecule has 148 valence electrons. The van der Waals surface area contributed by atoms with Crippen LogP contribution in [0.3, 0.4) is 0 Å². The maximum atomic E-state index is 12.4. The minimum absolute atomic E-state index is 0.0380. The molecule has 0 saturated heterocycles. The van der Waals surface area contributed by atoms with E-state index in [0.717, 1.165) is 16.9 Å². The van der Waals surface area contributed by atoms with Gasteiger partial charge in [-0.05, 0) is 49.1 Å². The quantitative estimate of drug-likeness (QED) is 0.697. The van der Waals surface area contributed by atoms with Crippen LogP contribution in [0.15, 0.2) is 48.5 Å². The highest BCUT2D eigenvalue weighted by Crippen LogP contribution is 2.26. The van der Waals surface area contributed by atoms with Crippen molar-refractivity contribution < 1.29 is 9.53 Å². The monoisotopic (exact) mass is 379 g/mol. The van der Waals surface area contributed by atoms with Crippen LogP contribution in [0.1, 0.15) is 39.1 Å². The molecule has 0 fully saturated rings. The van der Waals surface area contributed by atoms with Crippen molar-refractivity contribution in [3.05, 3.63) is 59.9 Å². The van der Waals surface area contributed by atoms with Gasteiger partial charge in [0.1, 0.15) is 11.6 Å². The van der Waals surface area contributed by atoms with Crippen LogP contribution < -0.4 is 10.1 Å². The van der Waals surface area contributed by atoms with E-state index in [2.05, 4.69) is 41.7 Å². The van der Waals surface area contributed by atoms with Crippen LogP contribution in [0.5, 0.6) is 5.75 Å². The van der Waals surface area contributed by atoms with Crippen LogP contribution in [-0.2, 0) is 16.8 Å². The average Bonchev–Trinajstić information content (AvgIpc) is 2.96. The van der Waals surface area contributed by atoms with E-state index in [4.69, 9.17) is 4.74 Å². The lowest BCUT2D eigenvalue weighted by molar-refractivity contribution is -0.127. The zero-order chi connectivity index (χ0) is 20.3. The largest absolute Gasteiger partial charge is 0.481 e. The molecule has 0 aliphatic carbocycles. The van der Waals surface area contributed by atoms with E-state index >= 15 is 0 Å². The third-order valence-corrected chi connectivity index (χ3v) is 4.86.